The molecule has 62 heavy (non-hydrogen) atoms. The van der Waals surface area contributed by atoms with E-state index < -0.39 is 116 Å². The van der Waals surface area contributed by atoms with Crippen LogP contribution in [-0.2, 0) is 28.5 Å². The van der Waals surface area contributed by atoms with E-state index in [9.17, 15) is 55.2 Å². The number of aliphatic hydroxyl groups is 8. The van der Waals surface area contributed by atoms with Gasteiger partial charge >= 0.3 is 11.9 Å². The lowest BCUT2D eigenvalue weighted by atomic mass is 9.97. The molecule has 0 radical (unpaired) electrons. The minimum Gasteiger partial charge on any atom is -0.493 e. The van der Waals surface area contributed by atoms with Gasteiger partial charge in [-0.1, -0.05) is 0 Å². The smallest absolute Gasteiger partial charge is 0.311 e. The summed E-state index contributed by atoms with van der Waals surface area (Å²) in [6.07, 6.45) is -20.0. The van der Waals surface area contributed by atoms with Crippen molar-refractivity contribution in [2.24, 2.45) is 0 Å². The van der Waals surface area contributed by atoms with Gasteiger partial charge in [0.2, 0.25) is 41.0 Å². The van der Waals surface area contributed by atoms with Gasteiger partial charge in [0.1, 0.15) is 60.8 Å². The summed E-state index contributed by atoms with van der Waals surface area (Å²) in [5, 5.41) is 82.8. The minimum absolute atomic E-state index is 0.00416. The van der Waals surface area contributed by atoms with Crippen molar-refractivity contribution in [1.82, 2.24) is 0 Å². The molecule has 5 rings (SSSR count). The normalized spacial score (nSPS) is 27.1. The maximum Gasteiger partial charge on any atom is 0.311 e. The van der Waals surface area contributed by atoms with Gasteiger partial charge in [0.05, 0.1) is 67.7 Å². The van der Waals surface area contributed by atoms with Crippen molar-refractivity contribution in [3.8, 4) is 51.6 Å². The second-order valence-corrected chi connectivity index (χ2v) is 14.3. The number of carbonyl (C=O) groups excluding carboxylic acids is 2. The van der Waals surface area contributed by atoms with Crippen LogP contribution in [0.4, 0.5) is 0 Å². The quantitative estimate of drug-likeness (QED) is 0.0688. The highest BCUT2D eigenvalue weighted by molar-refractivity contribution is 5.97. The number of hydrogen-bond acceptors (Lipinski definition) is 23. The van der Waals surface area contributed by atoms with E-state index in [1.165, 1.54) is 60.9 Å². The number of esters is 2. The highest BCUT2D eigenvalue weighted by Crippen LogP contribution is 2.52. The molecule has 8 N–H and O–H groups in total. The molecular weight excluding hydrogens is 836 g/mol. The lowest BCUT2D eigenvalue weighted by molar-refractivity contribution is -0.293. The Kier molecular flexibility index (Phi) is 15.3. The van der Waals surface area contributed by atoms with E-state index in [1.54, 1.807) is 0 Å². The molecule has 0 spiro atoms. The Morgan fingerprint density at radius 1 is 0.661 bits per heavy atom. The van der Waals surface area contributed by atoms with Crippen LogP contribution in [-0.4, -0.2) is 176 Å². The number of benzene rings is 2. The number of ether oxygens (including phenoxy) is 11. The predicted octanol–water partition coefficient (Wildman–Crippen LogP) is -1.88. The molecule has 0 amide bonds. The van der Waals surface area contributed by atoms with Crippen molar-refractivity contribution in [3.63, 3.8) is 0 Å². The predicted molar refractivity (Wildman–Crippen MR) is 205 cm³/mol. The van der Waals surface area contributed by atoms with Crippen molar-refractivity contribution in [2.75, 3.05) is 55.9 Å². The largest absolute Gasteiger partial charge is 0.493 e. The fourth-order valence-electron chi connectivity index (χ4n) is 6.85. The summed E-state index contributed by atoms with van der Waals surface area (Å²) in [5.41, 5.74) is -3.11. The number of hydrogen-bond donors (Lipinski definition) is 8. The van der Waals surface area contributed by atoms with Crippen LogP contribution in [0.3, 0.4) is 0 Å². The molecule has 0 bridgehead atoms. The average molecular weight is 887 g/mol. The van der Waals surface area contributed by atoms with E-state index in [1.807, 2.05) is 0 Å². The second kappa shape index (κ2) is 19.9. The van der Waals surface area contributed by atoms with Crippen molar-refractivity contribution >= 4 is 22.9 Å². The number of methoxy groups -OCH3 is 6. The van der Waals surface area contributed by atoms with Gasteiger partial charge < -0.3 is 97.4 Å². The summed E-state index contributed by atoms with van der Waals surface area (Å²) < 4.78 is 66.3. The van der Waals surface area contributed by atoms with Crippen molar-refractivity contribution < 1.29 is 107 Å². The van der Waals surface area contributed by atoms with Crippen LogP contribution in [0.5, 0.6) is 40.2 Å². The number of carbonyl (C=O) groups is 2. The molecule has 3 heterocycles. The van der Waals surface area contributed by atoms with Gasteiger partial charge in [0.25, 0.3) is 0 Å². The average Bonchev–Trinajstić information content (AvgIpc) is 3.25. The molecule has 23 nitrogen and oxygen atoms in total. The van der Waals surface area contributed by atoms with E-state index in [0.717, 1.165) is 6.92 Å². The first-order valence-corrected chi connectivity index (χ1v) is 18.7. The molecule has 2 aliphatic rings. The van der Waals surface area contributed by atoms with Crippen molar-refractivity contribution in [3.05, 3.63) is 28.4 Å². The molecule has 344 valence electrons. The molecule has 11 atom stereocenters. The number of fused-ring (bicyclic) bond motifs is 1. The van der Waals surface area contributed by atoms with Gasteiger partial charge in [-0.05, 0) is 25.1 Å². The first-order chi connectivity index (χ1) is 29.4. The summed E-state index contributed by atoms with van der Waals surface area (Å²) in [6, 6.07) is 4.44. The van der Waals surface area contributed by atoms with E-state index in [-0.39, 0.29) is 51.0 Å². The summed E-state index contributed by atoms with van der Waals surface area (Å²) >= 11 is 0. The van der Waals surface area contributed by atoms with Gasteiger partial charge in [0.15, 0.2) is 28.6 Å². The molecule has 2 saturated heterocycles. The molecule has 0 aliphatic carbocycles. The molecule has 0 saturated carbocycles. The van der Waals surface area contributed by atoms with Crippen molar-refractivity contribution in [2.45, 2.75) is 86.8 Å². The first-order valence-electron chi connectivity index (χ1n) is 18.7. The summed E-state index contributed by atoms with van der Waals surface area (Å²) in [5.74, 6) is -3.06. The number of aliphatic hydroxyl groups excluding tert-OH is 7. The highest BCUT2D eigenvalue weighted by atomic mass is 16.7. The minimum atomic E-state index is -2.16. The molecule has 3 aromatic rings. The van der Waals surface area contributed by atoms with Gasteiger partial charge in [-0.2, -0.15) is 0 Å². The van der Waals surface area contributed by atoms with E-state index >= 15 is 0 Å². The molecular formula is C39H50O23. The molecule has 23 heteroatoms. The number of rotatable bonds is 17. The van der Waals surface area contributed by atoms with E-state index in [2.05, 4.69) is 0 Å². The summed E-state index contributed by atoms with van der Waals surface area (Å²) in [6.45, 7) is -0.549. The van der Waals surface area contributed by atoms with E-state index in [0.29, 0.717) is 5.75 Å². The Morgan fingerprint density at radius 2 is 1.21 bits per heavy atom. The van der Waals surface area contributed by atoms with Gasteiger partial charge in [-0.3, -0.25) is 14.4 Å². The lowest BCUT2D eigenvalue weighted by Crippen LogP contribution is -2.60. The summed E-state index contributed by atoms with van der Waals surface area (Å²) in [4.78, 5) is 40.2. The second-order valence-electron chi connectivity index (χ2n) is 14.3. The van der Waals surface area contributed by atoms with Crippen LogP contribution in [0.1, 0.15) is 19.8 Å². The summed E-state index contributed by atoms with van der Waals surface area (Å²) in [7, 11) is 7.93. The molecule has 2 aromatic carbocycles. The molecule has 2 fully saturated rings. The Labute approximate surface area is 352 Å². The Balaban J connectivity index is 1.41. The maximum absolute atomic E-state index is 14.6. The third-order valence-electron chi connectivity index (χ3n) is 10.0. The molecule has 1 unspecified atom stereocenters. The Morgan fingerprint density at radius 3 is 1.79 bits per heavy atom. The van der Waals surface area contributed by atoms with Crippen molar-refractivity contribution in [1.29, 1.82) is 0 Å². The third kappa shape index (κ3) is 9.56. The fourth-order valence-corrected chi connectivity index (χ4v) is 6.85. The zero-order valence-corrected chi connectivity index (χ0v) is 34.5. The first kappa shape index (κ1) is 47.8. The van der Waals surface area contributed by atoms with Gasteiger partial charge in [-0.15, -0.1) is 0 Å². The SMILES string of the molecule is COc1ccc(-c2oc3c(OC)c(OC)c(OC)c(OC)c3c(=O)c2O[C@@H]2O[C@H](COC(=O)CC(C)(O)CC(=O)O[C@H]3O[C@H](CO)[C@@H](O)[C@H](O)[C@H]3O)[C@@H](O)[C@H](O)[C@H]2O)cc1OC. The zero-order valence-electron chi connectivity index (χ0n) is 34.5. The van der Waals surface area contributed by atoms with Gasteiger partial charge in [-0.25, -0.2) is 0 Å². The highest BCUT2D eigenvalue weighted by Gasteiger charge is 2.48. The van der Waals surface area contributed by atoms with Crippen LogP contribution in [0.15, 0.2) is 27.4 Å². The molecule has 2 aliphatic heterocycles. The molecule has 1 aromatic heterocycles. The third-order valence-corrected chi connectivity index (χ3v) is 10.0. The Hall–Kier alpha value is -5.21. The lowest BCUT2D eigenvalue weighted by Gasteiger charge is -2.40. The van der Waals surface area contributed by atoms with Crippen LogP contribution in [0, 0.1) is 0 Å². The van der Waals surface area contributed by atoms with Crippen LogP contribution >= 0.6 is 0 Å². The van der Waals surface area contributed by atoms with Crippen LogP contribution in [0.25, 0.3) is 22.3 Å². The zero-order chi connectivity index (χ0) is 45.8. The monoisotopic (exact) mass is 886 g/mol. The van der Waals surface area contributed by atoms with Crippen LogP contribution < -0.4 is 38.6 Å². The Bertz CT molecular complexity index is 2120. The maximum atomic E-state index is 14.6. The fraction of sp³-hybridized carbons (Fsp3) is 0.564. The van der Waals surface area contributed by atoms with Crippen LogP contribution in [0.2, 0.25) is 0 Å². The van der Waals surface area contributed by atoms with E-state index in [4.69, 9.17) is 56.5 Å². The standard InChI is InChI=1S/C39H50O23/c1-39(50,12-21(42)60-37-28(48)26(46)23(43)18(13-40)58-37)11-20(41)57-14-19-24(44)27(47)29(49)38(59-19)62-33-25(45)22-31(53-4)34(54-5)36(56-7)35(55-6)32(22)61-30(33)15-8-9-16(51-2)17(10-15)52-3/h8-10,18-19,23-24,26-29,37-38,40,43-44,46-50H,11-14H2,1-7H3/t18-,19-,23-,24-,26+,27+,28-,29-,37-,38+,39?/m1/s1. The van der Waals surface area contributed by atoms with Gasteiger partial charge in [0, 0.05) is 5.56 Å². The topological polar surface area (TPSA) is 328 Å².